The molecule has 2 unspecified atom stereocenters. The number of fused-ring (bicyclic) bond motifs is 1. The van der Waals surface area contributed by atoms with Crippen LogP contribution in [0.4, 0.5) is 0 Å². The first-order valence-corrected chi connectivity index (χ1v) is 9.56. The third kappa shape index (κ3) is 4.77. The molecule has 152 valence electrons. The van der Waals surface area contributed by atoms with Gasteiger partial charge in [-0.2, -0.15) is 0 Å². The number of carbonyl (C=O) groups excluding carboxylic acids is 4. The SMILES string of the molecule is CC(C)CC(C(=O)OCC(=O)NC(C)C(C)C)N1C(=O)c2ccccc2C1=O. The fourth-order valence-electron chi connectivity index (χ4n) is 2.94. The first-order valence-electron chi connectivity index (χ1n) is 9.56. The molecule has 3 amide bonds. The van der Waals surface area contributed by atoms with Crippen LogP contribution in [0.1, 0.15) is 61.8 Å². The van der Waals surface area contributed by atoms with Crippen molar-refractivity contribution in [3.63, 3.8) is 0 Å². The topological polar surface area (TPSA) is 92.8 Å². The number of hydrogen-bond acceptors (Lipinski definition) is 5. The van der Waals surface area contributed by atoms with Gasteiger partial charge in [0.15, 0.2) is 6.61 Å². The molecule has 1 aromatic carbocycles. The Balaban J connectivity index is 2.12. The fourth-order valence-corrected chi connectivity index (χ4v) is 2.94. The van der Waals surface area contributed by atoms with E-state index in [-0.39, 0.29) is 35.4 Å². The van der Waals surface area contributed by atoms with Crippen molar-refractivity contribution in [2.75, 3.05) is 6.61 Å². The van der Waals surface area contributed by atoms with Crippen LogP contribution in [0.5, 0.6) is 0 Å². The second kappa shape index (κ2) is 8.99. The summed E-state index contributed by atoms with van der Waals surface area (Å²) in [5.41, 5.74) is 0.551. The molecule has 0 aromatic heterocycles. The zero-order valence-corrected chi connectivity index (χ0v) is 17.0. The van der Waals surface area contributed by atoms with E-state index in [1.165, 1.54) is 0 Å². The highest BCUT2D eigenvalue weighted by Gasteiger charge is 2.43. The summed E-state index contributed by atoms with van der Waals surface area (Å²) >= 11 is 0. The van der Waals surface area contributed by atoms with Gasteiger partial charge in [-0.3, -0.25) is 19.3 Å². The summed E-state index contributed by atoms with van der Waals surface area (Å²) < 4.78 is 5.16. The van der Waals surface area contributed by atoms with Gasteiger partial charge >= 0.3 is 5.97 Å². The van der Waals surface area contributed by atoms with Gasteiger partial charge in [0.2, 0.25) is 0 Å². The lowest BCUT2D eigenvalue weighted by Crippen LogP contribution is -2.47. The van der Waals surface area contributed by atoms with Crippen molar-refractivity contribution >= 4 is 23.7 Å². The van der Waals surface area contributed by atoms with Crippen LogP contribution < -0.4 is 5.32 Å². The van der Waals surface area contributed by atoms with Crippen molar-refractivity contribution in [1.29, 1.82) is 0 Å². The van der Waals surface area contributed by atoms with Crippen molar-refractivity contribution < 1.29 is 23.9 Å². The monoisotopic (exact) mass is 388 g/mol. The molecule has 7 heteroatoms. The molecule has 1 aromatic rings. The number of benzene rings is 1. The molecule has 1 N–H and O–H groups in total. The summed E-state index contributed by atoms with van der Waals surface area (Å²) in [5.74, 6) is -1.92. The molecule has 0 radical (unpaired) electrons. The van der Waals surface area contributed by atoms with E-state index in [1.807, 2.05) is 34.6 Å². The number of hydrogen-bond donors (Lipinski definition) is 1. The van der Waals surface area contributed by atoms with Crippen LogP contribution in [0.15, 0.2) is 24.3 Å². The van der Waals surface area contributed by atoms with Crippen LogP contribution in [0, 0.1) is 11.8 Å². The summed E-state index contributed by atoms with van der Waals surface area (Å²) in [6.07, 6.45) is 0.258. The molecule has 0 bridgehead atoms. The quantitative estimate of drug-likeness (QED) is 0.545. The van der Waals surface area contributed by atoms with Gasteiger partial charge in [0.1, 0.15) is 6.04 Å². The minimum Gasteiger partial charge on any atom is -0.454 e. The van der Waals surface area contributed by atoms with E-state index < -0.39 is 36.3 Å². The predicted molar refractivity (Wildman–Crippen MR) is 104 cm³/mol. The second-order valence-corrected chi connectivity index (χ2v) is 7.88. The minimum absolute atomic E-state index is 0.0386. The number of imide groups is 1. The van der Waals surface area contributed by atoms with Crippen LogP contribution >= 0.6 is 0 Å². The Hall–Kier alpha value is -2.70. The standard InChI is InChI=1S/C21H28N2O5/c1-12(2)10-17(21(27)28-11-18(24)22-14(5)13(3)4)23-19(25)15-8-6-7-9-16(15)20(23)26/h6-9,12-14,17H,10-11H2,1-5H3,(H,22,24). The lowest BCUT2D eigenvalue weighted by atomic mass is 10.0. The molecule has 2 rings (SSSR count). The molecule has 0 saturated carbocycles. The smallest absolute Gasteiger partial charge is 0.329 e. The van der Waals surface area contributed by atoms with Gasteiger partial charge in [0, 0.05) is 6.04 Å². The highest BCUT2D eigenvalue weighted by atomic mass is 16.5. The Bertz CT molecular complexity index is 737. The highest BCUT2D eigenvalue weighted by molar-refractivity contribution is 6.22. The molecule has 0 spiro atoms. The Kier molecular flexibility index (Phi) is 6.94. The minimum atomic E-state index is -1.07. The average molecular weight is 388 g/mol. The Morgan fingerprint density at radius 1 is 1.00 bits per heavy atom. The number of ether oxygens (including phenoxy) is 1. The van der Waals surface area contributed by atoms with E-state index in [1.54, 1.807) is 24.3 Å². The summed E-state index contributed by atoms with van der Waals surface area (Å²) in [6.45, 7) is 9.12. The Morgan fingerprint density at radius 3 is 2.00 bits per heavy atom. The van der Waals surface area contributed by atoms with E-state index in [9.17, 15) is 19.2 Å². The van der Waals surface area contributed by atoms with E-state index >= 15 is 0 Å². The van der Waals surface area contributed by atoms with E-state index in [4.69, 9.17) is 4.74 Å². The van der Waals surface area contributed by atoms with E-state index in [0.717, 1.165) is 4.90 Å². The third-order valence-corrected chi connectivity index (χ3v) is 4.84. The number of amides is 3. The summed E-state index contributed by atoms with van der Waals surface area (Å²) in [6, 6.07) is 5.34. The summed E-state index contributed by atoms with van der Waals surface area (Å²) in [7, 11) is 0. The zero-order chi connectivity index (χ0) is 21.0. The maximum atomic E-state index is 12.7. The number of carbonyl (C=O) groups is 4. The van der Waals surface area contributed by atoms with Gasteiger partial charge in [0.05, 0.1) is 11.1 Å². The molecule has 2 atom stereocenters. The van der Waals surface area contributed by atoms with Crippen molar-refractivity contribution in [2.45, 2.75) is 53.1 Å². The molecule has 28 heavy (non-hydrogen) atoms. The number of nitrogens with zero attached hydrogens (tertiary/aromatic N) is 1. The molecular weight excluding hydrogens is 360 g/mol. The van der Waals surface area contributed by atoms with E-state index in [0.29, 0.717) is 0 Å². The number of nitrogens with one attached hydrogen (secondary N) is 1. The van der Waals surface area contributed by atoms with Crippen molar-refractivity contribution in [3.8, 4) is 0 Å². The van der Waals surface area contributed by atoms with Gasteiger partial charge in [-0.05, 0) is 37.3 Å². The van der Waals surface area contributed by atoms with Gasteiger partial charge in [0.25, 0.3) is 17.7 Å². The predicted octanol–water partition coefficient (Wildman–Crippen LogP) is 2.40. The molecule has 0 saturated heterocycles. The highest BCUT2D eigenvalue weighted by Crippen LogP contribution is 2.27. The number of esters is 1. The van der Waals surface area contributed by atoms with Gasteiger partial charge in [-0.25, -0.2) is 4.79 Å². The second-order valence-electron chi connectivity index (χ2n) is 7.88. The van der Waals surface area contributed by atoms with Crippen molar-refractivity contribution in [1.82, 2.24) is 10.2 Å². The van der Waals surface area contributed by atoms with Crippen molar-refractivity contribution in [3.05, 3.63) is 35.4 Å². The molecule has 1 aliphatic heterocycles. The lowest BCUT2D eigenvalue weighted by Gasteiger charge is -2.26. The van der Waals surface area contributed by atoms with Gasteiger partial charge < -0.3 is 10.1 Å². The first kappa shape index (κ1) is 21.6. The largest absolute Gasteiger partial charge is 0.454 e. The molecule has 1 aliphatic rings. The lowest BCUT2D eigenvalue weighted by molar-refractivity contribution is -0.153. The summed E-state index contributed by atoms with van der Waals surface area (Å²) in [4.78, 5) is 51.1. The van der Waals surface area contributed by atoms with Crippen LogP contribution in [0.25, 0.3) is 0 Å². The Labute approximate surface area is 165 Å². The van der Waals surface area contributed by atoms with Crippen LogP contribution in [-0.4, -0.2) is 47.3 Å². The van der Waals surface area contributed by atoms with Crippen LogP contribution in [0.3, 0.4) is 0 Å². The maximum absolute atomic E-state index is 12.7. The van der Waals surface area contributed by atoms with Gasteiger partial charge in [-0.1, -0.05) is 39.8 Å². The zero-order valence-electron chi connectivity index (χ0n) is 17.0. The molecule has 0 fully saturated rings. The molecule has 7 nitrogen and oxygen atoms in total. The molecule has 1 heterocycles. The average Bonchev–Trinajstić information content (AvgIpc) is 2.88. The Morgan fingerprint density at radius 2 is 1.54 bits per heavy atom. The molecular formula is C21H28N2O5. The maximum Gasteiger partial charge on any atom is 0.329 e. The number of rotatable bonds is 8. The van der Waals surface area contributed by atoms with Crippen molar-refractivity contribution in [2.24, 2.45) is 11.8 Å². The van der Waals surface area contributed by atoms with E-state index in [2.05, 4.69) is 5.32 Å². The third-order valence-electron chi connectivity index (χ3n) is 4.84. The molecule has 0 aliphatic carbocycles. The van der Waals surface area contributed by atoms with Gasteiger partial charge in [-0.15, -0.1) is 0 Å². The van der Waals surface area contributed by atoms with Crippen LogP contribution in [-0.2, 0) is 14.3 Å². The first-order chi connectivity index (χ1) is 13.1. The van der Waals surface area contributed by atoms with Crippen LogP contribution in [0.2, 0.25) is 0 Å². The fraction of sp³-hybridized carbons (Fsp3) is 0.524. The normalized spacial score (nSPS) is 15.6. The summed E-state index contributed by atoms with van der Waals surface area (Å²) in [5, 5.41) is 2.75.